The van der Waals surface area contributed by atoms with Crippen molar-refractivity contribution >= 4 is 29.5 Å². The van der Waals surface area contributed by atoms with Crippen molar-refractivity contribution in [1.82, 2.24) is 20.2 Å². The average molecular weight is 297 g/mol. The summed E-state index contributed by atoms with van der Waals surface area (Å²) in [7, 11) is 0. The highest BCUT2D eigenvalue weighted by atomic mass is 32.2. The zero-order valence-electron chi connectivity index (χ0n) is 11.1. The van der Waals surface area contributed by atoms with Crippen molar-refractivity contribution in [2.45, 2.75) is 24.5 Å². The van der Waals surface area contributed by atoms with Gasteiger partial charge in [0, 0.05) is 18.4 Å². The lowest BCUT2D eigenvalue weighted by Crippen LogP contribution is -2.40. The van der Waals surface area contributed by atoms with E-state index in [0.29, 0.717) is 10.9 Å². The standard InChI is InChI=1S/C11H15N5O3S/c1-11(2)8(18)16(10(19)15-11)3-4-20-9-13-6(12)5-7(17)14-9/h5H,3-4H2,1-2H3,(H,15,19)(H3,12,13,14,17). The van der Waals surface area contributed by atoms with Gasteiger partial charge < -0.3 is 16.0 Å². The minimum atomic E-state index is -0.870. The number of imide groups is 1. The molecule has 3 amide bonds. The molecule has 0 bridgehead atoms. The van der Waals surface area contributed by atoms with Crippen molar-refractivity contribution in [3.63, 3.8) is 0 Å². The number of nitrogen functional groups attached to an aromatic ring is 1. The van der Waals surface area contributed by atoms with Crippen LogP contribution < -0.4 is 16.6 Å². The number of amides is 3. The van der Waals surface area contributed by atoms with Gasteiger partial charge in [-0.1, -0.05) is 11.8 Å². The van der Waals surface area contributed by atoms with Crippen LogP contribution in [0.25, 0.3) is 0 Å². The van der Waals surface area contributed by atoms with E-state index in [0.717, 1.165) is 4.90 Å². The smallest absolute Gasteiger partial charge is 0.325 e. The number of nitrogens with two attached hydrogens (primary N) is 1. The van der Waals surface area contributed by atoms with E-state index in [1.54, 1.807) is 13.8 Å². The number of nitrogens with one attached hydrogen (secondary N) is 2. The van der Waals surface area contributed by atoms with Crippen molar-refractivity contribution in [3.05, 3.63) is 16.4 Å². The zero-order valence-corrected chi connectivity index (χ0v) is 11.9. The first-order chi connectivity index (χ1) is 9.29. The van der Waals surface area contributed by atoms with Crippen LogP contribution in [0.4, 0.5) is 10.6 Å². The van der Waals surface area contributed by atoms with Crippen LogP contribution in [0.3, 0.4) is 0 Å². The number of hydrogen-bond acceptors (Lipinski definition) is 6. The number of hydrogen-bond donors (Lipinski definition) is 3. The molecule has 0 unspecified atom stereocenters. The number of carbonyl (C=O) groups excluding carboxylic acids is 2. The monoisotopic (exact) mass is 297 g/mol. The molecule has 2 rings (SSSR count). The van der Waals surface area contributed by atoms with Gasteiger partial charge in [-0.25, -0.2) is 9.78 Å². The first-order valence-corrected chi connectivity index (χ1v) is 6.92. The lowest BCUT2D eigenvalue weighted by Gasteiger charge is -2.15. The number of aromatic nitrogens is 2. The summed E-state index contributed by atoms with van der Waals surface area (Å²) >= 11 is 1.22. The summed E-state index contributed by atoms with van der Waals surface area (Å²) in [6, 6.07) is 0.777. The number of H-pyrrole nitrogens is 1. The van der Waals surface area contributed by atoms with Gasteiger partial charge in [0.05, 0.1) is 0 Å². The number of aromatic amines is 1. The average Bonchev–Trinajstić information content (AvgIpc) is 2.49. The van der Waals surface area contributed by atoms with E-state index in [1.165, 1.54) is 17.8 Å². The van der Waals surface area contributed by atoms with Gasteiger partial charge in [0.2, 0.25) is 0 Å². The SMILES string of the molecule is CC1(C)NC(=O)N(CCSc2nc(N)cc(=O)[nH]2)C1=O. The van der Waals surface area contributed by atoms with Gasteiger partial charge in [0.1, 0.15) is 11.4 Å². The maximum Gasteiger partial charge on any atom is 0.325 e. The molecule has 0 saturated carbocycles. The molecule has 20 heavy (non-hydrogen) atoms. The summed E-state index contributed by atoms with van der Waals surface area (Å²) in [4.78, 5) is 42.4. The Balaban J connectivity index is 1.95. The number of rotatable bonds is 4. The molecule has 1 aromatic rings. The van der Waals surface area contributed by atoms with Crippen LogP contribution in [-0.2, 0) is 4.79 Å². The molecule has 8 nitrogen and oxygen atoms in total. The predicted molar refractivity (Wildman–Crippen MR) is 74.3 cm³/mol. The molecule has 2 heterocycles. The van der Waals surface area contributed by atoms with Crippen molar-refractivity contribution in [3.8, 4) is 0 Å². The fourth-order valence-electron chi connectivity index (χ4n) is 1.78. The molecular weight excluding hydrogens is 282 g/mol. The highest BCUT2D eigenvalue weighted by Gasteiger charge is 2.43. The summed E-state index contributed by atoms with van der Waals surface area (Å²) < 4.78 is 0. The Morgan fingerprint density at radius 2 is 2.10 bits per heavy atom. The quantitative estimate of drug-likeness (QED) is 0.401. The molecular formula is C11H15N5O3S. The molecule has 1 saturated heterocycles. The zero-order chi connectivity index (χ0) is 14.9. The largest absolute Gasteiger partial charge is 0.383 e. The predicted octanol–water partition coefficient (Wildman–Crippen LogP) is -0.225. The molecule has 0 spiro atoms. The topological polar surface area (TPSA) is 121 Å². The van der Waals surface area contributed by atoms with Crippen LogP contribution in [0.15, 0.2) is 16.0 Å². The van der Waals surface area contributed by atoms with Gasteiger partial charge in [-0.3, -0.25) is 14.5 Å². The minimum absolute atomic E-state index is 0.132. The van der Waals surface area contributed by atoms with E-state index >= 15 is 0 Å². The van der Waals surface area contributed by atoms with Crippen LogP contribution in [0.5, 0.6) is 0 Å². The number of urea groups is 1. The van der Waals surface area contributed by atoms with E-state index < -0.39 is 11.6 Å². The Kier molecular flexibility index (Phi) is 3.71. The maximum atomic E-state index is 11.9. The van der Waals surface area contributed by atoms with Gasteiger partial charge in [-0.05, 0) is 13.8 Å². The minimum Gasteiger partial charge on any atom is -0.383 e. The molecule has 1 aliphatic heterocycles. The highest BCUT2D eigenvalue weighted by Crippen LogP contribution is 2.18. The Hall–Kier alpha value is -2.03. The van der Waals surface area contributed by atoms with Crippen LogP contribution in [0.2, 0.25) is 0 Å². The highest BCUT2D eigenvalue weighted by molar-refractivity contribution is 7.99. The molecule has 108 valence electrons. The molecule has 1 aliphatic rings. The fraction of sp³-hybridized carbons (Fsp3) is 0.455. The van der Waals surface area contributed by atoms with Crippen LogP contribution in [0.1, 0.15) is 13.8 Å². The van der Waals surface area contributed by atoms with Gasteiger partial charge in [-0.15, -0.1) is 0 Å². The number of thioether (sulfide) groups is 1. The Labute approximate surface area is 119 Å². The maximum absolute atomic E-state index is 11.9. The molecule has 1 aromatic heterocycles. The molecule has 0 atom stereocenters. The molecule has 0 aliphatic carbocycles. The normalized spacial score (nSPS) is 17.4. The molecule has 4 N–H and O–H groups in total. The number of carbonyl (C=O) groups is 2. The van der Waals surface area contributed by atoms with Crippen molar-refractivity contribution in [2.75, 3.05) is 18.0 Å². The van der Waals surface area contributed by atoms with Crippen LogP contribution >= 0.6 is 11.8 Å². The first kappa shape index (κ1) is 14.4. The van der Waals surface area contributed by atoms with Crippen molar-refractivity contribution < 1.29 is 9.59 Å². The first-order valence-electron chi connectivity index (χ1n) is 5.93. The van der Waals surface area contributed by atoms with Gasteiger partial charge >= 0.3 is 6.03 Å². The molecule has 1 fully saturated rings. The lowest BCUT2D eigenvalue weighted by atomic mass is 10.1. The third-order valence-corrected chi connectivity index (χ3v) is 3.59. The van der Waals surface area contributed by atoms with E-state index in [9.17, 15) is 14.4 Å². The van der Waals surface area contributed by atoms with E-state index in [4.69, 9.17) is 5.73 Å². The lowest BCUT2D eigenvalue weighted by molar-refractivity contribution is -0.130. The van der Waals surface area contributed by atoms with Gasteiger partial charge in [-0.2, -0.15) is 0 Å². The Morgan fingerprint density at radius 3 is 2.65 bits per heavy atom. The summed E-state index contributed by atoms with van der Waals surface area (Å²) in [6.45, 7) is 3.53. The van der Waals surface area contributed by atoms with E-state index in [2.05, 4.69) is 15.3 Å². The van der Waals surface area contributed by atoms with E-state index in [1.807, 2.05) is 0 Å². The second-order valence-corrected chi connectivity index (χ2v) is 5.92. The summed E-state index contributed by atoms with van der Waals surface area (Å²) in [6.07, 6.45) is 0. The Morgan fingerprint density at radius 1 is 1.40 bits per heavy atom. The summed E-state index contributed by atoms with van der Waals surface area (Å²) in [5, 5.41) is 2.96. The van der Waals surface area contributed by atoms with Gasteiger partial charge in [0.25, 0.3) is 11.5 Å². The van der Waals surface area contributed by atoms with Crippen molar-refractivity contribution in [1.29, 1.82) is 0 Å². The van der Waals surface area contributed by atoms with Crippen LogP contribution in [-0.4, -0.2) is 44.6 Å². The van der Waals surface area contributed by atoms with Crippen LogP contribution in [0, 0.1) is 0 Å². The second kappa shape index (κ2) is 5.16. The molecule has 9 heteroatoms. The summed E-state index contributed by atoms with van der Waals surface area (Å²) in [5.41, 5.74) is 4.25. The number of anilines is 1. The van der Waals surface area contributed by atoms with Gasteiger partial charge in [0.15, 0.2) is 5.16 Å². The van der Waals surface area contributed by atoms with Crippen molar-refractivity contribution in [2.24, 2.45) is 0 Å². The van der Waals surface area contributed by atoms with E-state index in [-0.39, 0.29) is 23.8 Å². The Bertz CT molecular complexity index is 612. The number of nitrogens with zero attached hydrogens (tertiary/aromatic N) is 2. The fourth-order valence-corrected chi connectivity index (χ4v) is 2.59. The summed E-state index contributed by atoms with van der Waals surface area (Å²) in [5.74, 6) is 0.284. The molecule has 0 aromatic carbocycles. The molecule has 0 radical (unpaired) electrons. The third kappa shape index (κ3) is 2.93. The second-order valence-electron chi connectivity index (χ2n) is 4.84. The third-order valence-electron chi connectivity index (χ3n) is 2.74.